The zero-order valence-electron chi connectivity index (χ0n) is 16.2. The van der Waals surface area contributed by atoms with E-state index in [-0.39, 0.29) is 0 Å². The van der Waals surface area contributed by atoms with E-state index in [4.69, 9.17) is 9.39 Å². The van der Waals surface area contributed by atoms with Gasteiger partial charge in [-0.1, -0.05) is 30.3 Å². The second-order valence-corrected chi connectivity index (χ2v) is 7.79. The van der Waals surface area contributed by atoms with E-state index in [1.165, 1.54) is 0 Å². The highest BCUT2D eigenvalue weighted by Gasteiger charge is 2.39. The predicted molar refractivity (Wildman–Crippen MR) is 108 cm³/mol. The zero-order valence-corrected chi connectivity index (χ0v) is 16.2. The highest BCUT2D eigenvalue weighted by molar-refractivity contribution is 6.59. The molecule has 0 aliphatic carbocycles. The van der Waals surface area contributed by atoms with E-state index in [9.17, 15) is 10.1 Å². The van der Waals surface area contributed by atoms with E-state index in [1.807, 2.05) is 54.6 Å². The topological polar surface area (TPSA) is 74.7 Å². The van der Waals surface area contributed by atoms with Crippen LogP contribution >= 0.6 is 0 Å². The van der Waals surface area contributed by atoms with Gasteiger partial charge in [0.1, 0.15) is 12.4 Å². The highest BCUT2D eigenvalue weighted by atomic mass is 16.5. The lowest BCUT2D eigenvalue weighted by Gasteiger charge is -2.38. The van der Waals surface area contributed by atoms with E-state index in [0.717, 1.165) is 22.2 Å². The third-order valence-electron chi connectivity index (χ3n) is 5.01. The normalized spacial score (nSPS) is 12.4. The number of ether oxygens (including phenoxy) is 1. The molecular weight excluding hydrogens is 341 g/mol. The summed E-state index contributed by atoms with van der Waals surface area (Å²) in [6, 6.07) is 17.5. The summed E-state index contributed by atoms with van der Waals surface area (Å²) >= 11 is 0. The van der Waals surface area contributed by atoms with Crippen LogP contribution in [-0.4, -0.2) is 33.4 Å². The van der Waals surface area contributed by atoms with Gasteiger partial charge in [-0.05, 0) is 56.8 Å². The number of benzene rings is 2. The minimum atomic E-state index is -1.17. The van der Waals surface area contributed by atoms with Gasteiger partial charge >= 0.3 is 7.12 Å². The van der Waals surface area contributed by atoms with Gasteiger partial charge in [-0.25, -0.2) is 0 Å². The number of hydrogen-bond donors (Lipinski definition) is 3. The SMILES string of the molecule is CC(C)(O)C(C)(C)OB(O)c1cc2ccc(OCc3ccccc3)cc2[nH]1. The first kappa shape index (κ1) is 19.5. The molecule has 0 aliphatic rings. The summed E-state index contributed by atoms with van der Waals surface area (Å²) in [5, 5.41) is 21.6. The van der Waals surface area contributed by atoms with Crippen LogP contribution in [-0.2, 0) is 11.3 Å². The van der Waals surface area contributed by atoms with Gasteiger partial charge in [0.05, 0.1) is 11.2 Å². The molecule has 0 radical (unpaired) electrons. The molecule has 1 aromatic heterocycles. The van der Waals surface area contributed by atoms with E-state index in [0.29, 0.717) is 12.2 Å². The first-order valence-electron chi connectivity index (χ1n) is 9.03. The maximum Gasteiger partial charge on any atom is 0.508 e. The molecule has 142 valence electrons. The van der Waals surface area contributed by atoms with Gasteiger partial charge in [-0.2, -0.15) is 0 Å². The molecule has 0 saturated carbocycles. The van der Waals surface area contributed by atoms with Gasteiger partial charge in [0.15, 0.2) is 0 Å². The summed E-state index contributed by atoms with van der Waals surface area (Å²) in [7, 11) is -1.17. The second-order valence-electron chi connectivity index (χ2n) is 7.79. The first-order valence-corrected chi connectivity index (χ1v) is 9.03. The number of H-pyrrole nitrogens is 1. The maximum absolute atomic E-state index is 10.4. The van der Waals surface area contributed by atoms with Crippen molar-refractivity contribution < 1.29 is 19.5 Å². The largest absolute Gasteiger partial charge is 0.508 e. The average Bonchev–Trinajstić information content (AvgIpc) is 3.03. The maximum atomic E-state index is 10.4. The number of aromatic amines is 1. The smallest absolute Gasteiger partial charge is 0.489 e. The highest BCUT2D eigenvalue weighted by Crippen LogP contribution is 2.26. The Bertz CT molecular complexity index is 899. The molecule has 1 heterocycles. The summed E-state index contributed by atoms with van der Waals surface area (Å²) in [4.78, 5) is 3.17. The van der Waals surface area contributed by atoms with Crippen LogP contribution in [0.25, 0.3) is 10.9 Å². The predicted octanol–water partition coefficient (Wildman–Crippen LogP) is 3.00. The van der Waals surface area contributed by atoms with E-state index in [1.54, 1.807) is 27.7 Å². The summed E-state index contributed by atoms with van der Waals surface area (Å²) in [5.74, 6) is 0.743. The standard InChI is InChI=1S/C21H26BNO4/c1-20(2,24)21(3,4)27-22(25)19-12-16-10-11-17(13-18(16)23-19)26-14-15-8-6-5-7-9-15/h5-13,23-25H,14H2,1-4H3. The number of fused-ring (bicyclic) bond motifs is 1. The average molecular weight is 367 g/mol. The number of hydrogen-bond acceptors (Lipinski definition) is 4. The summed E-state index contributed by atoms with van der Waals surface area (Å²) in [6.45, 7) is 7.29. The summed E-state index contributed by atoms with van der Waals surface area (Å²) in [5.41, 5.74) is 0.454. The van der Waals surface area contributed by atoms with Crippen LogP contribution in [0.4, 0.5) is 0 Å². The molecule has 3 rings (SSSR count). The van der Waals surface area contributed by atoms with Crippen molar-refractivity contribution >= 4 is 23.6 Å². The van der Waals surface area contributed by atoms with Crippen LogP contribution in [0.3, 0.4) is 0 Å². The van der Waals surface area contributed by atoms with Crippen molar-refractivity contribution in [1.29, 1.82) is 0 Å². The molecule has 3 aromatic rings. The van der Waals surface area contributed by atoms with Crippen molar-refractivity contribution in [2.75, 3.05) is 0 Å². The molecule has 0 aliphatic heterocycles. The first-order chi connectivity index (χ1) is 12.7. The lowest BCUT2D eigenvalue weighted by molar-refractivity contribution is -0.0983. The molecule has 0 bridgehead atoms. The fourth-order valence-corrected chi connectivity index (χ4v) is 2.58. The summed E-state index contributed by atoms with van der Waals surface area (Å²) in [6.07, 6.45) is 0. The van der Waals surface area contributed by atoms with Crippen LogP contribution < -0.4 is 10.3 Å². The third kappa shape index (κ3) is 4.53. The molecular formula is C21H26BNO4. The zero-order chi connectivity index (χ0) is 19.7. The van der Waals surface area contributed by atoms with Crippen molar-refractivity contribution in [3.63, 3.8) is 0 Å². The number of rotatable bonds is 7. The molecule has 6 heteroatoms. The number of aliphatic hydroxyl groups is 1. The minimum Gasteiger partial charge on any atom is -0.489 e. The van der Waals surface area contributed by atoms with Gasteiger partial charge in [0.25, 0.3) is 0 Å². The van der Waals surface area contributed by atoms with E-state index in [2.05, 4.69) is 4.98 Å². The van der Waals surface area contributed by atoms with Crippen molar-refractivity contribution in [3.05, 3.63) is 60.2 Å². The Balaban J connectivity index is 1.73. The van der Waals surface area contributed by atoms with Crippen molar-refractivity contribution in [1.82, 2.24) is 4.98 Å². The molecule has 27 heavy (non-hydrogen) atoms. The van der Waals surface area contributed by atoms with E-state index >= 15 is 0 Å². The molecule has 3 N–H and O–H groups in total. The number of aromatic nitrogens is 1. The van der Waals surface area contributed by atoms with Crippen LogP contribution in [0.1, 0.15) is 33.3 Å². The van der Waals surface area contributed by atoms with Crippen molar-refractivity contribution in [2.24, 2.45) is 0 Å². The van der Waals surface area contributed by atoms with Crippen LogP contribution in [0.15, 0.2) is 54.6 Å². The molecule has 0 spiro atoms. The fraction of sp³-hybridized carbons (Fsp3) is 0.333. The molecule has 0 saturated heterocycles. The fourth-order valence-electron chi connectivity index (χ4n) is 2.58. The Hall–Kier alpha value is -2.28. The Morgan fingerprint density at radius 3 is 2.37 bits per heavy atom. The molecule has 0 unspecified atom stereocenters. The number of nitrogens with one attached hydrogen (secondary N) is 1. The van der Waals surface area contributed by atoms with Gasteiger partial charge in [-0.15, -0.1) is 0 Å². The second kappa shape index (κ2) is 7.39. The lowest BCUT2D eigenvalue weighted by atomic mass is 9.80. The molecule has 0 amide bonds. The summed E-state index contributed by atoms with van der Waals surface area (Å²) < 4.78 is 11.5. The molecule has 5 nitrogen and oxygen atoms in total. The van der Waals surface area contributed by atoms with Crippen LogP contribution in [0.2, 0.25) is 0 Å². The van der Waals surface area contributed by atoms with E-state index < -0.39 is 18.3 Å². The Labute approximate surface area is 160 Å². The molecule has 0 atom stereocenters. The Kier molecular flexibility index (Phi) is 5.33. The third-order valence-corrected chi connectivity index (χ3v) is 5.01. The van der Waals surface area contributed by atoms with Crippen molar-refractivity contribution in [3.8, 4) is 5.75 Å². The van der Waals surface area contributed by atoms with Crippen LogP contribution in [0, 0.1) is 0 Å². The van der Waals surface area contributed by atoms with Gasteiger partial charge in [0, 0.05) is 17.2 Å². The Morgan fingerprint density at radius 2 is 1.70 bits per heavy atom. The van der Waals surface area contributed by atoms with Crippen molar-refractivity contribution in [2.45, 2.75) is 45.5 Å². The van der Waals surface area contributed by atoms with Gasteiger partial charge in [-0.3, -0.25) is 0 Å². The van der Waals surface area contributed by atoms with Gasteiger partial charge in [0.2, 0.25) is 0 Å². The van der Waals surface area contributed by atoms with Gasteiger partial charge < -0.3 is 24.5 Å². The molecule has 0 fully saturated rings. The quantitative estimate of drug-likeness (QED) is 0.562. The molecule has 2 aromatic carbocycles. The minimum absolute atomic E-state index is 0.491. The monoisotopic (exact) mass is 367 g/mol. The van der Waals surface area contributed by atoms with Crippen LogP contribution in [0.5, 0.6) is 5.75 Å². The Morgan fingerprint density at radius 1 is 1.00 bits per heavy atom. The lowest BCUT2D eigenvalue weighted by Crippen LogP contribution is -2.53.